The molecule has 0 amide bonds. The lowest BCUT2D eigenvalue weighted by Crippen LogP contribution is -2.38. The van der Waals surface area contributed by atoms with Crippen LogP contribution >= 0.6 is 0 Å². The van der Waals surface area contributed by atoms with E-state index in [-0.39, 0.29) is 31.5 Å². The first kappa shape index (κ1) is 9.16. The second kappa shape index (κ2) is 3.21. The highest BCUT2D eigenvalue weighted by molar-refractivity contribution is 5.86. The molecule has 0 radical (unpaired) electrons. The molecule has 0 bridgehead atoms. The predicted molar refractivity (Wildman–Crippen MR) is 39.3 cm³/mol. The van der Waals surface area contributed by atoms with Crippen molar-refractivity contribution in [3.05, 3.63) is 0 Å². The standard InChI is InChI=1S/C8H11FO3/c1-12-7(11)8(9)4-2-6(10)3-5-8/h2-5H2,1H3. The van der Waals surface area contributed by atoms with E-state index in [1.165, 1.54) is 0 Å². The molecule has 0 aromatic carbocycles. The molecule has 0 atom stereocenters. The number of alkyl halides is 1. The monoisotopic (exact) mass is 174 g/mol. The molecule has 0 aromatic rings. The third-order valence-electron chi connectivity index (χ3n) is 2.15. The van der Waals surface area contributed by atoms with Crippen LogP contribution in [0.1, 0.15) is 25.7 Å². The summed E-state index contributed by atoms with van der Waals surface area (Å²) in [5, 5.41) is 0. The first-order valence-corrected chi connectivity index (χ1v) is 3.87. The summed E-state index contributed by atoms with van der Waals surface area (Å²) in [4.78, 5) is 21.6. The van der Waals surface area contributed by atoms with Gasteiger partial charge in [0.2, 0.25) is 5.67 Å². The maximum absolute atomic E-state index is 13.5. The van der Waals surface area contributed by atoms with E-state index in [2.05, 4.69) is 4.74 Å². The molecule has 12 heavy (non-hydrogen) atoms. The van der Waals surface area contributed by atoms with Crippen molar-refractivity contribution in [1.29, 1.82) is 0 Å². The number of hydrogen-bond acceptors (Lipinski definition) is 3. The van der Waals surface area contributed by atoms with E-state index >= 15 is 0 Å². The van der Waals surface area contributed by atoms with Gasteiger partial charge in [0, 0.05) is 12.8 Å². The maximum atomic E-state index is 13.5. The Morgan fingerprint density at radius 2 is 2.00 bits per heavy atom. The summed E-state index contributed by atoms with van der Waals surface area (Å²) in [5.41, 5.74) is -1.91. The molecule has 0 aliphatic heterocycles. The Morgan fingerprint density at radius 3 is 2.42 bits per heavy atom. The molecule has 0 N–H and O–H groups in total. The van der Waals surface area contributed by atoms with Crippen molar-refractivity contribution in [1.82, 2.24) is 0 Å². The van der Waals surface area contributed by atoms with E-state index in [0.717, 1.165) is 7.11 Å². The zero-order valence-corrected chi connectivity index (χ0v) is 6.93. The Morgan fingerprint density at radius 1 is 1.50 bits per heavy atom. The largest absolute Gasteiger partial charge is 0.467 e. The Kier molecular flexibility index (Phi) is 2.45. The van der Waals surface area contributed by atoms with Crippen molar-refractivity contribution in [3.8, 4) is 0 Å². The fourth-order valence-electron chi connectivity index (χ4n) is 1.31. The van der Waals surface area contributed by atoms with Crippen LogP contribution < -0.4 is 0 Å². The molecule has 0 saturated heterocycles. The van der Waals surface area contributed by atoms with Crippen LogP contribution in [0.4, 0.5) is 4.39 Å². The minimum atomic E-state index is -1.91. The Labute approximate surface area is 69.9 Å². The third-order valence-corrected chi connectivity index (χ3v) is 2.15. The molecule has 0 heterocycles. The molecule has 0 unspecified atom stereocenters. The fraction of sp³-hybridized carbons (Fsp3) is 0.750. The lowest BCUT2D eigenvalue weighted by molar-refractivity contribution is -0.157. The van der Waals surface area contributed by atoms with E-state index in [1.54, 1.807) is 0 Å². The number of rotatable bonds is 1. The van der Waals surface area contributed by atoms with Crippen LogP contribution in [0.3, 0.4) is 0 Å². The van der Waals surface area contributed by atoms with Gasteiger partial charge in [-0.2, -0.15) is 0 Å². The van der Waals surface area contributed by atoms with Gasteiger partial charge < -0.3 is 4.74 Å². The quantitative estimate of drug-likeness (QED) is 0.557. The molecule has 4 heteroatoms. The van der Waals surface area contributed by atoms with E-state index < -0.39 is 11.6 Å². The van der Waals surface area contributed by atoms with E-state index in [4.69, 9.17) is 0 Å². The van der Waals surface area contributed by atoms with Gasteiger partial charge in [-0.3, -0.25) is 4.79 Å². The SMILES string of the molecule is COC(=O)C1(F)CCC(=O)CC1. The second-order valence-electron chi connectivity index (χ2n) is 3.00. The molecule has 0 aromatic heterocycles. The zero-order valence-electron chi connectivity index (χ0n) is 6.93. The van der Waals surface area contributed by atoms with Gasteiger partial charge in [-0.15, -0.1) is 0 Å². The number of ketones is 1. The van der Waals surface area contributed by atoms with Crippen LogP contribution in [-0.4, -0.2) is 24.5 Å². The highest BCUT2D eigenvalue weighted by Crippen LogP contribution is 2.31. The summed E-state index contributed by atoms with van der Waals surface area (Å²) >= 11 is 0. The van der Waals surface area contributed by atoms with Crippen LogP contribution in [0.25, 0.3) is 0 Å². The molecule has 1 saturated carbocycles. The molecule has 1 fully saturated rings. The number of hydrogen-bond donors (Lipinski definition) is 0. The lowest BCUT2D eigenvalue weighted by Gasteiger charge is -2.25. The van der Waals surface area contributed by atoms with E-state index in [9.17, 15) is 14.0 Å². The number of ether oxygens (including phenoxy) is 1. The normalized spacial score (nSPS) is 22.0. The van der Waals surface area contributed by atoms with Crippen LogP contribution in [0, 0.1) is 0 Å². The topological polar surface area (TPSA) is 43.4 Å². The molecule has 1 aliphatic carbocycles. The smallest absolute Gasteiger partial charge is 0.343 e. The first-order valence-electron chi connectivity index (χ1n) is 3.87. The highest BCUT2D eigenvalue weighted by Gasteiger charge is 2.42. The van der Waals surface area contributed by atoms with Gasteiger partial charge in [-0.05, 0) is 12.8 Å². The van der Waals surface area contributed by atoms with Gasteiger partial charge in [0.15, 0.2) is 0 Å². The van der Waals surface area contributed by atoms with Crippen molar-refractivity contribution < 1.29 is 18.7 Å². The predicted octanol–water partition coefficient (Wildman–Crippen LogP) is 1.01. The Bertz CT molecular complexity index is 202. The summed E-state index contributed by atoms with van der Waals surface area (Å²) in [5.74, 6) is -0.831. The summed E-state index contributed by atoms with van der Waals surface area (Å²) in [7, 11) is 1.15. The van der Waals surface area contributed by atoms with Crippen LogP contribution in [-0.2, 0) is 14.3 Å². The van der Waals surface area contributed by atoms with E-state index in [1.807, 2.05) is 0 Å². The molecule has 1 rings (SSSR count). The average Bonchev–Trinajstić information content (AvgIpc) is 2.09. The highest BCUT2D eigenvalue weighted by atomic mass is 19.1. The van der Waals surface area contributed by atoms with Crippen molar-refractivity contribution in [2.75, 3.05) is 7.11 Å². The van der Waals surface area contributed by atoms with Gasteiger partial charge in [0.05, 0.1) is 7.11 Å². The number of methoxy groups -OCH3 is 1. The summed E-state index contributed by atoms with van der Waals surface area (Å²) in [6, 6.07) is 0. The van der Waals surface area contributed by atoms with Crippen molar-refractivity contribution in [2.45, 2.75) is 31.4 Å². The Hall–Kier alpha value is -0.930. The van der Waals surface area contributed by atoms with Gasteiger partial charge in [0.1, 0.15) is 5.78 Å². The van der Waals surface area contributed by atoms with E-state index in [0.29, 0.717) is 0 Å². The van der Waals surface area contributed by atoms with Crippen LogP contribution in [0.2, 0.25) is 0 Å². The van der Waals surface area contributed by atoms with Gasteiger partial charge in [0.25, 0.3) is 0 Å². The Balaban J connectivity index is 2.61. The minimum absolute atomic E-state index is 0.0205. The molecule has 1 aliphatic rings. The average molecular weight is 174 g/mol. The lowest BCUT2D eigenvalue weighted by atomic mass is 9.86. The number of halogens is 1. The molecule has 68 valence electrons. The van der Waals surface area contributed by atoms with Gasteiger partial charge in [-0.1, -0.05) is 0 Å². The minimum Gasteiger partial charge on any atom is -0.467 e. The summed E-state index contributed by atoms with van der Waals surface area (Å²) in [6.45, 7) is 0. The van der Waals surface area contributed by atoms with Crippen LogP contribution in [0.15, 0.2) is 0 Å². The van der Waals surface area contributed by atoms with Crippen LogP contribution in [0.5, 0.6) is 0 Å². The summed E-state index contributed by atoms with van der Waals surface area (Å²) < 4.78 is 17.8. The van der Waals surface area contributed by atoms with Gasteiger partial charge >= 0.3 is 5.97 Å². The van der Waals surface area contributed by atoms with Gasteiger partial charge in [-0.25, -0.2) is 9.18 Å². The third kappa shape index (κ3) is 1.62. The summed E-state index contributed by atoms with van der Waals surface area (Å²) in [6.07, 6.45) is 0.230. The number of esters is 1. The number of carbonyl (C=O) groups is 2. The molecular weight excluding hydrogens is 163 g/mol. The maximum Gasteiger partial charge on any atom is 0.343 e. The molecule has 0 spiro atoms. The number of Topliss-reactive ketones (excluding diaryl/α,β-unsaturated/α-hetero) is 1. The van der Waals surface area contributed by atoms with Crippen molar-refractivity contribution >= 4 is 11.8 Å². The van der Waals surface area contributed by atoms with Crippen molar-refractivity contribution in [2.24, 2.45) is 0 Å². The molecular formula is C8H11FO3. The molecule has 3 nitrogen and oxygen atoms in total. The van der Waals surface area contributed by atoms with Crippen molar-refractivity contribution in [3.63, 3.8) is 0 Å². The second-order valence-corrected chi connectivity index (χ2v) is 3.00. The first-order chi connectivity index (χ1) is 5.58. The number of carbonyl (C=O) groups excluding carboxylic acids is 2. The fourth-order valence-corrected chi connectivity index (χ4v) is 1.31. The zero-order chi connectivity index (χ0) is 9.19.